The molecule has 2 aliphatic heterocycles. The number of carboxylic acids is 5. The zero-order valence-corrected chi connectivity index (χ0v) is 85.8. The molecule has 1 saturated carbocycles. The van der Waals surface area contributed by atoms with Crippen molar-refractivity contribution in [3.8, 4) is 85.0 Å². The summed E-state index contributed by atoms with van der Waals surface area (Å²) in [5, 5.41) is 124. The number of H-pyrrole nitrogens is 5. The Morgan fingerprint density at radius 1 is 0.413 bits per heavy atom. The Labute approximate surface area is 860 Å². The molecule has 0 radical (unpaired) electrons. The van der Waals surface area contributed by atoms with Gasteiger partial charge in [-0.05, 0) is 203 Å². The maximum atomic E-state index is 12.3. The molecule has 38 nitrogen and oxygen atoms in total. The Morgan fingerprint density at radius 2 is 0.700 bits per heavy atom. The van der Waals surface area contributed by atoms with Crippen LogP contribution >= 0.6 is 0 Å². The number of likely N-dealkylation sites (N-methyl/N-ethyl adjacent to an activating group) is 1. The summed E-state index contributed by atoms with van der Waals surface area (Å²) >= 11 is 0. The van der Waals surface area contributed by atoms with Crippen molar-refractivity contribution in [2.45, 2.75) is 156 Å². The molecule has 0 amide bonds. The number of aromatic nitrogens is 11. The molecule has 38 heteroatoms. The number of nitrogens with zero attached hydrogens (tertiary/aromatic N) is 7. The van der Waals surface area contributed by atoms with Crippen molar-refractivity contribution in [1.82, 2.24) is 89.5 Å². The van der Waals surface area contributed by atoms with E-state index in [0.717, 1.165) is 145 Å². The van der Waals surface area contributed by atoms with Gasteiger partial charge in [-0.3, -0.25) is 29.0 Å². The molecule has 2 saturated heterocycles. The third-order valence-corrected chi connectivity index (χ3v) is 29.0. The van der Waals surface area contributed by atoms with Crippen molar-refractivity contribution in [3.05, 3.63) is 300 Å². The van der Waals surface area contributed by atoms with Gasteiger partial charge < -0.3 is 136 Å². The Bertz CT molecular complexity index is 8280. The van der Waals surface area contributed by atoms with E-state index in [0.29, 0.717) is 131 Å². The Hall–Kier alpha value is -16.5. The SMILES string of the molecule is C=CCNCc1cc2cc(-c3[nH]c(=O)c(C(=O)O)c(O)c3CC)ccc2n1C.CCc1c(-c2ccc3c(c2)cc(CNC(C)c2cccnc2)n3C)[nH]c(=O)c(C(=O)O)c1O.CCc1c(-c2ccc3c(c2)cc(CNC2(C)CCC2)n3C)[nH]c(=O)c(C(=O)O)c1O.CCc1c(-c2ccc3c(c2)cc(CNC2CN(C)C2)n3C)[nH]c(=O)c(C(=O)O)c1O.CCc1c(-c2ccc3c(c2)cc(CNC2CNC2)n3C)[nH]c(=O)c(C(=O)O)c1O. The van der Waals surface area contributed by atoms with Gasteiger partial charge in [0.15, 0.2) is 27.8 Å². The molecular weight excluding hydrogens is 1920 g/mol. The standard InChI is InChI=1S/C25H26N4O4.C23H27N3O4.C22H26N4O4.C21H24N4O4.C21H23N3O4/c1-4-19-22(28-24(31)21(23(19)30)25(32)33)15-7-8-20-17(10-15)11-18(29(20)3)13-27-14(2)16-6-5-9-26-12-16;1-4-16-19(25-21(28)18(20(16)27)22(29)30)13-6-7-17-14(10-13)11-15(26(17)3)12-24-23(2)8-5-9-23;1-4-16-19(24-21(28)18(20(16)27)22(29)30)12-5-6-17-13(7-12)8-15(26(17)3)9-23-14-10-25(2)11-14;1-3-15-18(24-20(27)17(19(15)26)21(28)29)11-4-5-16-12(6-11)7-14(25(16)2)10-23-13-8-22-9-13;1-4-8-22-11-14-10-13-9-12(6-7-16(13)24(14)3)18-15(5-2)19(25)17(21(27)28)20(26)23-18/h5-12,14,27H,4,13H2,1-3H3,(H,32,33)(H2,28,30,31);6-7,10-11,24H,4-5,8-9,12H2,1-3H3,(H,29,30)(H2,25,27,28);5-8,14,23H,4,9-11H2,1-3H3,(H,29,30)(H2,24,27,28);4-7,13,22-23H,3,8-10H2,1-2H3,(H,28,29)(H2,24,26,27);4,6-7,9-10,22H,1,5,8,11H2,2-3H3,(H,27,28)(H2,23,25,26). The van der Waals surface area contributed by atoms with Crippen LogP contribution in [0.1, 0.15) is 187 Å². The highest BCUT2D eigenvalue weighted by Gasteiger charge is 2.34. The molecule has 1 aliphatic carbocycles. The highest BCUT2D eigenvalue weighted by molar-refractivity contribution is 5.98. The first-order valence-electron chi connectivity index (χ1n) is 49.7. The van der Waals surface area contributed by atoms with Crippen LogP contribution < -0.4 is 59.7 Å². The van der Waals surface area contributed by atoms with E-state index < -0.39 is 114 Å². The average Bonchev–Trinajstić information content (AvgIpc) is 1.65. The molecule has 784 valence electrons. The number of aryl methyl sites for hydroxylation is 5. The van der Waals surface area contributed by atoms with Crippen molar-refractivity contribution in [2.75, 3.05) is 39.8 Å². The monoisotopic (exact) mass is 2040 g/mol. The number of pyridine rings is 6. The summed E-state index contributed by atoms with van der Waals surface area (Å²) in [6, 6.07) is 44.5. The number of rotatable bonds is 32. The summed E-state index contributed by atoms with van der Waals surface area (Å²) in [4.78, 5) is 138. The fourth-order valence-electron chi connectivity index (χ4n) is 20.0. The lowest BCUT2D eigenvalue weighted by Gasteiger charge is -2.39. The summed E-state index contributed by atoms with van der Waals surface area (Å²) < 4.78 is 10.6. The molecule has 3 aliphatic rings. The quantitative estimate of drug-likeness (QED) is 0.0137. The molecule has 11 aromatic heterocycles. The third-order valence-electron chi connectivity index (χ3n) is 29.0. The van der Waals surface area contributed by atoms with Crippen molar-refractivity contribution >= 4 is 84.4 Å². The van der Waals surface area contributed by atoms with E-state index in [1.165, 1.54) is 25.0 Å². The number of carbonyl (C=O) groups is 5. The molecule has 3 fully saturated rings. The fraction of sp³-hybridized carbons (Fsp3) is 0.312. The van der Waals surface area contributed by atoms with Gasteiger partial charge in [0.25, 0.3) is 27.8 Å². The maximum Gasteiger partial charge on any atom is 0.345 e. The first-order valence-corrected chi connectivity index (χ1v) is 49.7. The van der Waals surface area contributed by atoms with Gasteiger partial charge in [-0.15, -0.1) is 6.58 Å². The second kappa shape index (κ2) is 45.5. The minimum atomic E-state index is -1.45. The van der Waals surface area contributed by atoms with Crippen LogP contribution in [0.4, 0.5) is 0 Å². The Kier molecular flexibility index (Phi) is 32.7. The van der Waals surface area contributed by atoms with Crippen LogP contribution in [0.25, 0.3) is 111 Å². The molecule has 1 atom stereocenters. The number of aromatic hydroxyl groups is 5. The van der Waals surface area contributed by atoms with Crippen LogP contribution in [0.15, 0.2) is 182 Å². The van der Waals surface area contributed by atoms with Gasteiger partial charge in [-0.25, -0.2) is 24.0 Å². The lowest BCUT2D eigenvalue weighted by Crippen LogP contribution is -2.55. The van der Waals surface area contributed by atoms with Crippen LogP contribution in [0.5, 0.6) is 28.7 Å². The number of aromatic amines is 5. The first kappa shape index (κ1) is 108. The van der Waals surface area contributed by atoms with Gasteiger partial charge in [0.2, 0.25) is 0 Å². The summed E-state index contributed by atoms with van der Waals surface area (Å²) in [6.45, 7) is 25.5. The second-order valence-electron chi connectivity index (χ2n) is 38.4. The smallest absolute Gasteiger partial charge is 0.345 e. The van der Waals surface area contributed by atoms with E-state index in [1.807, 2.05) is 165 Å². The van der Waals surface area contributed by atoms with Crippen molar-refractivity contribution < 1.29 is 75.0 Å². The molecule has 1 unspecified atom stereocenters. The summed E-state index contributed by atoms with van der Waals surface area (Å²) in [5.41, 5.74) is 13.0. The number of benzene rings is 5. The molecule has 16 aromatic rings. The lowest BCUT2D eigenvalue weighted by molar-refractivity contribution is 0.0680. The van der Waals surface area contributed by atoms with E-state index in [2.05, 4.69) is 147 Å². The summed E-state index contributed by atoms with van der Waals surface area (Å²) in [5.74, 6) is -9.58. The zero-order valence-electron chi connectivity index (χ0n) is 85.8. The second-order valence-corrected chi connectivity index (χ2v) is 38.4. The molecule has 0 spiro atoms. The molecular formula is C112H126N18O20. The van der Waals surface area contributed by atoms with E-state index in [4.69, 9.17) is 0 Å². The molecule has 0 bridgehead atoms. The van der Waals surface area contributed by atoms with E-state index in [1.54, 1.807) is 26.1 Å². The molecule has 5 aromatic carbocycles. The van der Waals surface area contributed by atoms with Crippen LogP contribution in [0.2, 0.25) is 0 Å². The molecule has 21 N–H and O–H groups in total. The van der Waals surface area contributed by atoms with Gasteiger partial charge in [0.1, 0.15) is 28.7 Å². The van der Waals surface area contributed by atoms with Crippen LogP contribution in [0.3, 0.4) is 0 Å². The summed E-state index contributed by atoms with van der Waals surface area (Å²) in [7, 11) is 12.2. The largest absolute Gasteiger partial charge is 0.506 e. The van der Waals surface area contributed by atoms with Gasteiger partial charge in [-0.2, -0.15) is 0 Å². The van der Waals surface area contributed by atoms with Crippen molar-refractivity contribution in [2.24, 2.45) is 35.2 Å². The maximum absolute atomic E-state index is 12.3. The van der Waals surface area contributed by atoms with Gasteiger partial charge in [-0.1, -0.05) is 77.1 Å². The highest BCUT2D eigenvalue weighted by atomic mass is 16.4. The predicted octanol–water partition coefficient (Wildman–Crippen LogP) is 13.5. The lowest BCUT2D eigenvalue weighted by atomic mass is 9.78. The number of aromatic carboxylic acids is 5. The van der Waals surface area contributed by atoms with E-state index in [-0.39, 0.29) is 11.6 Å². The van der Waals surface area contributed by atoms with Gasteiger partial charge >= 0.3 is 29.8 Å². The van der Waals surface area contributed by atoms with Gasteiger partial charge in [0, 0.05) is 248 Å². The molecule has 19 rings (SSSR count). The number of hydrogen-bond donors (Lipinski definition) is 21. The zero-order chi connectivity index (χ0) is 108. The Morgan fingerprint density at radius 3 is 0.947 bits per heavy atom. The molecule has 150 heavy (non-hydrogen) atoms. The fourth-order valence-corrected chi connectivity index (χ4v) is 20.0. The minimum absolute atomic E-state index is 0.139. The Balaban J connectivity index is 0.000000140. The number of hydrogen-bond acceptors (Lipinski definition) is 23. The van der Waals surface area contributed by atoms with E-state index >= 15 is 0 Å². The minimum Gasteiger partial charge on any atom is -0.506 e. The number of carboxylic acid groups (broad SMARTS) is 5. The van der Waals surface area contributed by atoms with Crippen LogP contribution in [-0.4, -0.2) is 196 Å². The van der Waals surface area contributed by atoms with E-state index in [9.17, 15) is 99.0 Å². The predicted molar refractivity (Wildman–Crippen MR) is 577 cm³/mol. The number of nitrogens with one attached hydrogen (secondary N) is 11. The molecule has 13 heterocycles. The normalized spacial score (nSPS) is 13.6. The topological polar surface area (TPSA) is 565 Å². The number of fused-ring (bicyclic) bond motifs is 5. The summed E-state index contributed by atoms with van der Waals surface area (Å²) in [6.07, 6.45) is 11.0. The third kappa shape index (κ3) is 22.1. The van der Waals surface area contributed by atoms with Gasteiger partial charge in [0.05, 0.1) is 28.5 Å². The first-order chi connectivity index (χ1) is 71.6. The highest BCUT2D eigenvalue weighted by Crippen LogP contribution is 2.41. The van der Waals surface area contributed by atoms with Crippen LogP contribution in [-0.2, 0) is 100 Å². The average molecular weight is 2040 g/mol. The van der Waals surface area contributed by atoms with Crippen LogP contribution in [0, 0.1) is 0 Å². The van der Waals surface area contributed by atoms with Crippen molar-refractivity contribution in [1.29, 1.82) is 0 Å². The number of likely N-dealkylation sites (tertiary alicyclic amines) is 1. The van der Waals surface area contributed by atoms with Crippen molar-refractivity contribution in [3.63, 3.8) is 0 Å².